The Morgan fingerprint density at radius 3 is 2.70 bits per heavy atom. The van der Waals surface area contributed by atoms with Crippen molar-refractivity contribution >= 4 is 11.6 Å². The van der Waals surface area contributed by atoms with Crippen molar-refractivity contribution < 1.29 is 0 Å². The van der Waals surface area contributed by atoms with Crippen molar-refractivity contribution in [2.45, 2.75) is 25.2 Å². The minimum atomic E-state index is 0.503. The van der Waals surface area contributed by atoms with Gasteiger partial charge in [-0.3, -0.25) is 0 Å². The van der Waals surface area contributed by atoms with Crippen LogP contribution in [0.1, 0.15) is 34.9 Å². The summed E-state index contributed by atoms with van der Waals surface area (Å²) >= 11 is 6.17. The molecule has 3 rings (SSSR count). The van der Waals surface area contributed by atoms with E-state index in [-0.39, 0.29) is 0 Å². The summed E-state index contributed by atoms with van der Waals surface area (Å²) in [7, 11) is 0. The van der Waals surface area contributed by atoms with Gasteiger partial charge in [0, 0.05) is 17.5 Å². The molecule has 104 valence electrons. The number of hydrogen-bond acceptors (Lipinski definition) is 1. The Morgan fingerprint density at radius 1 is 1.05 bits per heavy atom. The van der Waals surface area contributed by atoms with Crippen LogP contribution in [0, 0.1) is 6.92 Å². The van der Waals surface area contributed by atoms with Gasteiger partial charge in [-0.05, 0) is 54.6 Å². The predicted molar refractivity (Wildman–Crippen MR) is 85.6 cm³/mol. The SMILES string of the molecule is Cc1ccccc1C1CCNCC1c1cccc(Cl)c1. The first-order chi connectivity index (χ1) is 9.75. The maximum atomic E-state index is 6.17. The summed E-state index contributed by atoms with van der Waals surface area (Å²) in [6, 6.07) is 17.1. The number of halogens is 1. The van der Waals surface area contributed by atoms with Gasteiger partial charge in [-0.15, -0.1) is 0 Å². The molecular formula is C18H20ClN. The predicted octanol–water partition coefficient (Wildman–Crippen LogP) is 4.51. The highest BCUT2D eigenvalue weighted by atomic mass is 35.5. The van der Waals surface area contributed by atoms with Crippen molar-refractivity contribution in [1.29, 1.82) is 0 Å². The third-order valence-electron chi connectivity index (χ3n) is 4.35. The van der Waals surface area contributed by atoms with Crippen LogP contribution in [0.15, 0.2) is 48.5 Å². The third-order valence-corrected chi connectivity index (χ3v) is 4.58. The summed E-state index contributed by atoms with van der Waals surface area (Å²) in [5.41, 5.74) is 4.23. The van der Waals surface area contributed by atoms with E-state index in [1.807, 2.05) is 6.07 Å². The highest BCUT2D eigenvalue weighted by Crippen LogP contribution is 2.39. The van der Waals surface area contributed by atoms with E-state index < -0.39 is 0 Å². The number of piperidine rings is 1. The van der Waals surface area contributed by atoms with Crippen molar-refractivity contribution in [3.05, 3.63) is 70.2 Å². The lowest BCUT2D eigenvalue weighted by molar-refractivity contribution is 0.403. The van der Waals surface area contributed by atoms with Crippen molar-refractivity contribution in [3.63, 3.8) is 0 Å². The van der Waals surface area contributed by atoms with E-state index in [2.05, 4.69) is 54.7 Å². The van der Waals surface area contributed by atoms with Gasteiger partial charge >= 0.3 is 0 Å². The lowest BCUT2D eigenvalue weighted by Gasteiger charge is -2.34. The van der Waals surface area contributed by atoms with E-state index in [0.717, 1.165) is 18.1 Å². The standard InChI is InChI=1S/C18H20ClN/c1-13-5-2-3-8-16(13)17-9-10-20-12-18(17)14-6-4-7-15(19)11-14/h2-8,11,17-18,20H,9-10,12H2,1H3. The summed E-state index contributed by atoms with van der Waals surface area (Å²) in [6.45, 7) is 4.34. The second-order valence-corrected chi connectivity index (χ2v) is 6.05. The van der Waals surface area contributed by atoms with E-state index in [4.69, 9.17) is 11.6 Å². The first-order valence-corrected chi connectivity index (χ1v) is 7.65. The average Bonchev–Trinajstić information content (AvgIpc) is 2.48. The van der Waals surface area contributed by atoms with Gasteiger partial charge < -0.3 is 5.32 Å². The minimum absolute atomic E-state index is 0.503. The molecule has 0 radical (unpaired) electrons. The van der Waals surface area contributed by atoms with Gasteiger partial charge in [0.1, 0.15) is 0 Å². The van der Waals surface area contributed by atoms with E-state index in [1.54, 1.807) is 0 Å². The van der Waals surface area contributed by atoms with Crippen LogP contribution in [-0.4, -0.2) is 13.1 Å². The normalized spacial score (nSPS) is 22.7. The Labute approximate surface area is 126 Å². The van der Waals surface area contributed by atoms with E-state index in [1.165, 1.54) is 23.1 Å². The van der Waals surface area contributed by atoms with Crippen molar-refractivity contribution in [3.8, 4) is 0 Å². The Bertz CT molecular complexity index is 593. The molecule has 2 atom stereocenters. The summed E-state index contributed by atoms with van der Waals surface area (Å²) < 4.78 is 0. The molecule has 0 bridgehead atoms. The van der Waals surface area contributed by atoms with Crippen LogP contribution in [0.25, 0.3) is 0 Å². The second-order valence-electron chi connectivity index (χ2n) is 5.62. The third kappa shape index (κ3) is 2.74. The first-order valence-electron chi connectivity index (χ1n) is 7.27. The minimum Gasteiger partial charge on any atom is -0.316 e. The van der Waals surface area contributed by atoms with Gasteiger partial charge in [-0.25, -0.2) is 0 Å². The molecule has 2 heteroatoms. The quantitative estimate of drug-likeness (QED) is 0.856. The highest BCUT2D eigenvalue weighted by molar-refractivity contribution is 6.30. The second kappa shape index (κ2) is 5.99. The Morgan fingerprint density at radius 2 is 1.90 bits per heavy atom. The molecule has 0 spiro atoms. The zero-order chi connectivity index (χ0) is 13.9. The molecule has 1 heterocycles. The maximum absolute atomic E-state index is 6.17. The van der Waals surface area contributed by atoms with Crippen LogP contribution >= 0.6 is 11.6 Å². The van der Waals surface area contributed by atoms with Crippen LogP contribution in [0.2, 0.25) is 5.02 Å². The van der Waals surface area contributed by atoms with Crippen LogP contribution in [0.5, 0.6) is 0 Å². The summed E-state index contributed by atoms with van der Waals surface area (Å²) in [4.78, 5) is 0. The van der Waals surface area contributed by atoms with Crippen molar-refractivity contribution in [2.24, 2.45) is 0 Å². The monoisotopic (exact) mass is 285 g/mol. The Kier molecular flexibility index (Phi) is 4.09. The lowest BCUT2D eigenvalue weighted by Crippen LogP contribution is -2.34. The number of nitrogens with one attached hydrogen (secondary N) is 1. The molecular weight excluding hydrogens is 266 g/mol. The molecule has 2 aromatic carbocycles. The van der Waals surface area contributed by atoms with Gasteiger partial charge in [0.15, 0.2) is 0 Å². The van der Waals surface area contributed by atoms with Crippen LogP contribution < -0.4 is 5.32 Å². The first kappa shape index (κ1) is 13.7. The van der Waals surface area contributed by atoms with Crippen molar-refractivity contribution in [2.75, 3.05) is 13.1 Å². The number of aryl methyl sites for hydroxylation is 1. The fraction of sp³-hybridized carbons (Fsp3) is 0.333. The van der Waals surface area contributed by atoms with E-state index in [0.29, 0.717) is 11.8 Å². The van der Waals surface area contributed by atoms with Crippen LogP contribution in [0.4, 0.5) is 0 Å². The zero-order valence-electron chi connectivity index (χ0n) is 11.8. The van der Waals surface area contributed by atoms with Crippen molar-refractivity contribution in [1.82, 2.24) is 5.32 Å². The molecule has 0 amide bonds. The van der Waals surface area contributed by atoms with E-state index >= 15 is 0 Å². The molecule has 1 aliphatic rings. The maximum Gasteiger partial charge on any atom is 0.0408 e. The van der Waals surface area contributed by atoms with Gasteiger partial charge in [0.2, 0.25) is 0 Å². The van der Waals surface area contributed by atoms with Gasteiger partial charge in [-0.2, -0.15) is 0 Å². The molecule has 0 aromatic heterocycles. The van der Waals surface area contributed by atoms with Gasteiger partial charge in [0.05, 0.1) is 0 Å². The largest absolute Gasteiger partial charge is 0.316 e. The molecule has 1 N–H and O–H groups in total. The summed E-state index contributed by atoms with van der Waals surface area (Å²) in [5.74, 6) is 1.08. The number of rotatable bonds is 2. The molecule has 0 aliphatic carbocycles. The average molecular weight is 286 g/mol. The molecule has 1 aliphatic heterocycles. The van der Waals surface area contributed by atoms with E-state index in [9.17, 15) is 0 Å². The summed E-state index contributed by atoms with van der Waals surface area (Å²) in [6.07, 6.45) is 1.18. The lowest BCUT2D eigenvalue weighted by atomic mass is 9.76. The molecule has 2 aromatic rings. The Balaban J connectivity index is 1.98. The smallest absolute Gasteiger partial charge is 0.0408 e. The molecule has 0 saturated carbocycles. The Hall–Kier alpha value is -1.31. The highest BCUT2D eigenvalue weighted by Gasteiger charge is 2.28. The molecule has 20 heavy (non-hydrogen) atoms. The zero-order valence-corrected chi connectivity index (χ0v) is 12.5. The fourth-order valence-corrected chi connectivity index (χ4v) is 3.52. The van der Waals surface area contributed by atoms with Gasteiger partial charge in [-0.1, -0.05) is 48.0 Å². The fourth-order valence-electron chi connectivity index (χ4n) is 3.32. The number of hydrogen-bond donors (Lipinski definition) is 1. The van der Waals surface area contributed by atoms with Gasteiger partial charge in [0.25, 0.3) is 0 Å². The number of benzene rings is 2. The summed E-state index contributed by atoms with van der Waals surface area (Å²) in [5, 5.41) is 4.36. The molecule has 1 saturated heterocycles. The topological polar surface area (TPSA) is 12.0 Å². The van der Waals surface area contributed by atoms with Crippen LogP contribution in [-0.2, 0) is 0 Å². The molecule has 1 fully saturated rings. The van der Waals surface area contributed by atoms with Crippen LogP contribution in [0.3, 0.4) is 0 Å². The molecule has 1 nitrogen and oxygen atoms in total. The molecule has 2 unspecified atom stereocenters.